The minimum atomic E-state index is -4.15. The number of anilines is 2. The van der Waals surface area contributed by atoms with Gasteiger partial charge in [-0.05, 0) is 0 Å². The summed E-state index contributed by atoms with van der Waals surface area (Å²) in [6.45, 7) is 0.818. The molecule has 0 atom stereocenters. The van der Waals surface area contributed by atoms with Crippen LogP contribution in [0.1, 0.15) is 0 Å². The van der Waals surface area contributed by atoms with Crippen LogP contribution in [0, 0.1) is 0 Å². The van der Waals surface area contributed by atoms with Crippen molar-refractivity contribution in [1.82, 2.24) is 9.88 Å². The monoisotopic (exact) mass is 294 g/mol. The van der Waals surface area contributed by atoms with Crippen LogP contribution in [-0.2, 0) is 0 Å². The van der Waals surface area contributed by atoms with Gasteiger partial charge in [-0.3, -0.25) is 4.90 Å². The fourth-order valence-corrected chi connectivity index (χ4v) is 2.11. The van der Waals surface area contributed by atoms with Gasteiger partial charge in [-0.2, -0.15) is 13.2 Å². The minimum absolute atomic E-state index is 0.351. The molecule has 0 saturated carbocycles. The third-order valence-corrected chi connectivity index (χ3v) is 3.29. The van der Waals surface area contributed by atoms with Gasteiger partial charge in [0, 0.05) is 38.4 Å². The molecule has 2 heterocycles. The highest BCUT2D eigenvalue weighted by Gasteiger charge is 2.32. The molecule has 1 aliphatic heterocycles. The lowest BCUT2D eigenvalue weighted by molar-refractivity contribution is -0.146. The smallest absolute Gasteiger partial charge is 0.397 e. The number of aromatic nitrogens is 1. The van der Waals surface area contributed by atoms with E-state index in [2.05, 4.69) is 4.98 Å². The highest BCUT2D eigenvalue weighted by Crippen LogP contribution is 2.24. The van der Waals surface area contributed by atoms with Crippen molar-refractivity contribution in [3.05, 3.63) is 17.3 Å². The van der Waals surface area contributed by atoms with Gasteiger partial charge in [0.1, 0.15) is 5.82 Å². The Morgan fingerprint density at radius 2 is 1.89 bits per heavy atom. The zero-order chi connectivity index (χ0) is 14.0. The second-order valence-corrected chi connectivity index (χ2v) is 4.85. The van der Waals surface area contributed by atoms with Crippen molar-refractivity contribution in [1.29, 1.82) is 0 Å². The fourth-order valence-electron chi connectivity index (χ4n) is 2.00. The predicted octanol–water partition coefficient (Wildman–Crippen LogP) is 2.00. The van der Waals surface area contributed by atoms with Gasteiger partial charge >= 0.3 is 6.18 Å². The van der Waals surface area contributed by atoms with Crippen LogP contribution in [0.3, 0.4) is 0 Å². The lowest BCUT2D eigenvalue weighted by Crippen LogP contribution is -2.49. The number of nitrogens with two attached hydrogens (primary N) is 1. The molecular formula is C11H14ClF3N4. The highest BCUT2D eigenvalue weighted by molar-refractivity contribution is 6.32. The van der Waals surface area contributed by atoms with E-state index >= 15 is 0 Å². The van der Waals surface area contributed by atoms with E-state index in [1.165, 1.54) is 11.1 Å². The average Bonchev–Trinajstić information content (AvgIpc) is 2.32. The Morgan fingerprint density at radius 1 is 1.26 bits per heavy atom. The molecule has 106 valence electrons. The average molecular weight is 295 g/mol. The number of pyridine rings is 1. The first-order valence-electron chi connectivity index (χ1n) is 5.80. The van der Waals surface area contributed by atoms with Crippen molar-refractivity contribution in [2.45, 2.75) is 6.18 Å². The number of hydrogen-bond acceptors (Lipinski definition) is 4. The summed E-state index contributed by atoms with van der Waals surface area (Å²) in [5.41, 5.74) is 6.10. The summed E-state index contributed by atoms with van der Waals surface area (Å²) in [6, 6.07) is 1.64. The van der Waals surface area contributed by atoms with Gasteiger partial charge in [0.15, 0.2) is 0 Å². The summed E-state index contributed by atoms with van der Waals surface area (Å²) in [6.07, 6.45) is -2.70. The number of nitrogen functional groups attached to an aromatic ring is 1. The Hall–Kier alpha value is -1.21. The Kier molecular flexibility index (Phi) is 4.05. The molecule has 1 aliphatic rings. The summed E-state index contributed by atoms with van der Waals surface area (Å²) < 4.78 is 36.8. The second-order valence-electron chi connectivity index (χ2n) is 4.44. The molecule has 1 aromatic rings. The summed E-state index contributed by atoms with van der Waals surface area (Å²) >= 11 is 5.78. The van der Waals surface area contributed by atoms with Crippen LogP contribution in [0.5, 0.6) is 0 Å². The summed E-state index contributed by atoms with van der Waals surface area (Å²) in [5, 5.41) is 0.374. The molecule has 4 nitrogen and oxygen atoms in total. The van der Waals surface area contributed by atoms with Crippen molar-refractivity contribution in [3.63, 3.8) is 0 Å². The Bertz CT molecular complexity index is 444. The van der Waals surface area contributed by atoms with Gasteiger partial charge in [0.25, 0.3) is 0 Å². The Labute approximate surface area is 113 Å². The van der Waals surface area contributed by atoms with Crippen LogP contribution in [0.15, 0.2) is 12.3 Å². The standard InChI is InChI=1S/C11H14ClF3N4/c12-8-6-17-10(5-9(8)16)19-3-1-18(2-4-19)7-11(13,14)15/h5-6H,1-4,7H2,(H2,16,17). The van der Waals surface area contributed by atoms with E-state index in [9.17, 15) is 13.2 Å². The van der Waals surface area contributed by atoms with Crippen molar-refractivity contribution in [3.8, 4) is 0 Å². The van der Waals surface area contributed by atoms with Crippen molar-refractivity contribution in [2.75, 3.05) is 43.4 Å². The molecular weight excluding hydrogens is 281 g/mol. The van der Waals surface area contributed by atoms with Gasteiger partial charge in [0.05, 0.1) is 17.3 Å². The maximum Gasteiger partial charge on any atom is 0.401 e. The Morgan fingerprint density at radius 3 is 2.42 bits per heavy atom. The molecule has 2 N–H and O–H groups in total. The maximum atomic E-state index is 12.3. The van der Waals surface area contributed by atoms with Crippen molar-refractivity contribution >= 4 is 23.1 Å². The van der Waals surface area contributed by atoms with E-state index in [-0.39, 0.29) is 0 Å². The molecule has 0 bridgehead atoms. The zero-order valence-corrected chi connectivity index (χ0v) is 10.9. The van der Waals surface area contributed by atoms with E-state index in [0.29, 0.717) is 42.7 Å². The first-order chi connectivity index (χ1) is 8.85. The minimum Gasteiger partial charge on any atom is -0.397 e. The molecule has 0 amide bonds. The molecule has 2 rings (SSSR count). The van der Waals surface area contributed by atoms with Gasteiger partial charge < -0.3 is 10.6 Å². The van der Waals surface area contributed by atoms with E-state index in [0.717, 1.165) is 0 Å². The first kappa shape index (κ1) is 14.2. The summed E-state index contributed by atoms with van der Waals surface area (Å²) in [5.74, 6) is 0.647. The van der Waals surface area contributed by atoms with Crippen LogP contribution in [-0.4, -0.2) is 48.8 Å². The number of rotatable bonds is 2. The summed E-state index contributed by atoms with van der Waals surface area (Å²) in [4.78, 5) is 7.42. The van der Waals surface area contributed by atoms with Gasteiger partial charge in [-0.25, -0.2) is 4.98 Å². The van der Waals surface area contributed by atoms with Gasteiger partial charge in [-0.15, -0.1) is 0 Å². The van der Waals surface area contributed by atoms with E-state index in [4.69, 9.17) is 17.3 Å². The molecule has 19 heavy (non-hydrogen) atoms. The molecule has 0 aliphatic carbocycles. The molecule has 0 aromatic carbocycles. The molecule has 1 saturated heterocycles. The highest BCUT2D eigenvalue weighted by atomic mass is 35.5. The molecule has 0 unspecified atom stereocenters. The molecule has 8 heteroatoms. The van der Waals surface area contributed by atoms with Crippen LogP contribution >= 0.6 is 11.6 Å². The molecule has 0 radical (unpaired) electrons. The normalized spacial score (nSPS) is 17.8. The third-order valence-electron chi connectivity index (χ3n) is 2.97. The van der Waals surface area contributed by atoms with Crippen LogP contribution in [0.25, 0.3) is 0 Å². The van der Waals surface area contributed by atoms with E-state index < -0.39 is 12.7 Å². The first-order valence-corrected chi connectivity index (χ1v) is 6.18. The predicted molar refractivity (Wildman–Crippen MR) is 68.4 cm³/mol. The molecule has 0 spiro atoms. The summed E-state index contributed by atoms with van der Waals surface area (Å²) in [7, 11) is 0. The maximum absolute atomic E-state index is 12.3. The zero-order valence-electron chi connectivity index (χ0n) is 10.1. The van der Waals surface area contributed by atoms with Crippen molar-refractivity contribution < 1.29 is 13.2 Å². The number of halogens is 4. The van der Waals surface area contributed by atoms with E-state index in [1.54, 1.807) is 6.07 Å². The molecule has 1 aromatic heterocycles. The lowest BCUT2D eigenvalue weighted by atomic mass is 10.3. The number of alkyl halides is 3. The number of piperazine rings is 1. The SMILES string of the molecule is Nc1cc(N2CCN(CC(F)(F)F)CC2)ncc1Cl. The van der Waals surface area contributed by atoms with Gasteiger partial charge in [-0.1, -0.05) is 11.6 Å². The van der Waals surface area contributed by atoms with E-state index in [1.807, 2.05) is 4.90 Å². The number of nitrogens with zero attached hydrogens (tertiary/aromatic N) is 3. The molecule has 1 fully saturated rings. The lowest BCUT2D eigenvalue weighted by Gasteiger charge is -2.35. The topological polar surface area (TPSA) is 45.4 Å². The van der Waals surface area contributed by atoms with Crippen LogP contribution in [0.2, 0.25) is 5.02 Å². The van der Waals surface area contributed by atoms with Crippen LogP contribution < -0.4 is 10.6 Å². The third kappa shape index (κ3) is 3.87. The van der Waals surface area contributed by atoms with Crippen LogP contribution in [0.4, 0.5) is 24.7 Å². The van der Waals surface area contributed by atoms with Crippen molar-refractivity contribution in [2.24, 2.45) is 0 Å². The Balaban J connectivity index is 1.94. The van der Waals surface area contributed by atoms with Gasteiger partial charge in [0.2, 0.25) is 0 Å². The fraction of sp³-hybridized carbons (Fsp3) is 0.545. The second kappa shape index (κ2) is 5.42. The number of hydrogen-bond donors (Lipinski definition) is 1. The quantitative estimate of drug-likeness (QED) is 0.906. The largest absolute Gasteiger partial charge is 0.401 e.